The summed E-state index contributed by atoms with van der Waals surface area (Å²) in [6.07, 6.45) is 0.978. The quantitative estimate of drug-likeness (QED) is 0.713. The lowest BCUT2D eigenvalue weighted by Crippen LogP contribution is -2.38. The Morgan fingerprint density at radius 2 is 1.89 bits per heavy atom. The monoisotopic (exact) mass is 379 g/mol. The van der Waals surface area contributed by atoms with Gasteiger partial charge in [-0.3, -0.25) is 9.69 Å². The third-order valence-electron chi connectivity index (χ3n) is 5.13. The van der Waals surface area contributed by atoms with Crippen LogP contribution in [0.3, 0.4) is 0 Å². The molecule has 1 aliphatic rings. The number of ether oxygens (including phenoxy) is 1. The average molecular weight is 379 g/mol. The normalized spacial score (nSPS) is 15.0. The molecule has 2 heterocycles. The summed E-state index contributed by atoms with van der Waals surface area (Å²) in [5, 5.41) is 11.4. The summed E-state index contributed by atoms with van der Waals surface area (Å²) in [6, 6.07) is 13.5. The van der Waals surface area contributed by atoms with Crippen molar-refractivity contribution in [3.8, 4) is 0 Å². The van der Waals surface area contributed by atoms with Crippen molar-refractivity contribution in [1.29, 1.82) is 0 Å². The van der Waals surface area contributed by atoms with E-state index in [0.717, 1.165) is 62.5 Å². The Bertz CT molecular complexity index is 945. The highest BCUT2D eigenvalue weighted by atomic mass is 16.5. The van der Waals surface area contributed by atoms with Crippen molar-refractivity contribution >= 4 is 22.6 Å². The molecule has 1 amide bonds. The molecule has 1 saturated heterocycles. The number of carbonyl (C=O) groups is 1. The fourth-order valence-corrected chi connectivity index (χ4v) is 3.37. The van der Waals surface area contributed by atoms with Crippen LogP contribution >= 0.6 is 0 Å². The molecule has 7 nitrogen and oxygen atoms in total. The van der Waals surface area contributed by atoms with E-state index in [-0.39, 0.29) is 5.91 Å². The summed E-state index contributed by atoms with van der Waals surface area (Å²) in [7, 11) is 0. The van der Waals surface area contributed by atoms with E-state index in [1.54, 1.807) is 6.07 Å². The zero-order valence-corrected chi connectivity index (χ0v) is 16.1. The van der Waals surface area contributed by atoms with Gasteiger partial charge in [0.05, 0.1) is 25.3 Å². The maximum atomic E-state index is 12.6. The summed E-state index contributed by atoms with van der Waals surface area (Å²) in [5.41, 5.74) is 4.28. The van der Waals surface area contributed by atoms with Gasteiger partial charge in [0.1, 0.15) is 5.52 Å². The Morgan fingerprint density at radius 1 is 1.11 bits per heavy atom. The summed E-state index contributed by atoms with van der Waals surface area (Å²) in [5.74, 6) is -0.144. The van der Waals surface area contributed by atoms with E-state index in [1.807, 2.05) is 41.1 Å². The van der Waals surface area contributed by atoms with Crippen LogP contribution in [-0.2, 0) is 17.7 Å². The molecule has 0 spiro atoms. The molecule has 0 saturated carbocycles. The average Bonchev–Trinajstić information content (AvgIpc) is 3.16. The molecule has 0 aliphatic carbocycles. The van der Waals surface area contributed by atoms with Gasteiger partial charge in [-0.15, -0.1) is 5.10 Å². The van der Waals surface area contributed by atoms with Crippen LogP contribution < -0.4 is 5.32 Å². The molecule has 0 atom stereocenters. The first-order chi connectivity index (χ1) is 13.7. The van der Waals surface area contributed by atoms with Crippen LogP contribution in [0.5, 0.6) is 0 Å². The van der Waals surface area contributed by atoms with Gasteiger partial charge in [-0.2, -0.15) is 0 Å². The number of nitrogens with zero attached hydrogens (tertiary/aromatic N) is 4. The molecular weight excluding hydrogens is 354 g/mol. The fourth-order valence-electron chi connectivity index (χ4n) is 3.37. The highest BCUT2D eigenvalue weighted by Gasteiger charge is 2.13. The Kier molecular flexibility index (Phi) is 5.64. The van der Waals surface area contributed by atoms with Gasteiger partial charge in [0.25, 0.3) is 5.91 Å². The molecule has 28 heavy (non-hydrogen) atoms. The summed E-state index contributed by atoms with van der Waals surface area (Å²) >= 11 is 0. The van der Waals surface area contributed by atoms with Crippen LogP contribution in [0, 0.1) is 0 Å². The molecule has 1 fully saturated rings. The van der Waals surface area contributed by atoms with E-state index in [4.69, 9.17) is 4.74 Å². The van der Waals surface area contributed by atoms with E-state index in [0.29, 0.717) is 5.56 Å². The molecule has 1 aromatic heterocycles. The van der Waals surface area contributed by atoms with Crippen LogP contribution in [0.15, 0.2) is 42.5 Å². The predicted octanol–water partition coefficient (Wildman–Crippen LogP) is 2.58. The fraction of sp³-hybridized carbons (Fsp3) is 0.381. The van der Waals surface area contributed by atoms with Gasteiger partial charge in [0.2, 0.25) is 0 Å². The van der Waals surface area contributed by atoms with Crippen molar-refractivity contribution in [2.45, 2.75) is 19.9 Å². The van der Waals surface area contributed by atoms with Gasteiger partial charge in [0.15, 0.2) is 0 Å². The van der Waals surface area contributed by atoms with Crippen molar-refractivity contribution in [3.05, 3.63) is 53.6 Å². The summed E-state index contributed by atoms with van der Waals surface area (Å²) < 4.78 is 7.28. The van der Waals surface area contributed by atoms with Crippen molar-refractivity contribution in [2.24, 2.45) is 0 Å². The van der Waals surface area contributed by atoms with E-state index in [9.17, 15) is 4.79 Å². The number of aromatic nitrogens is 3. The molecule has 0 unspecified atom stereocenters. The third-order valence-corrected chi connectivity index (χ3v) is 5.13. The zero-order chi connectivity index (χ0) is 19.3. The maximum Gasteiger partial charge on any atom is 0.255 e. The molecular formula is C21H25N5O2. The molecule has 2 aromatic carbocycles. The number of aryl methyl sites for hydroxylation is 1. The molecule has 0 bridgehead atoms. The number of rotatable bonds is 6. The number of hydrogen-bond acceptors (Lipinski definition) is 5. The van der Waals surface area contributed by atoms with Gasteiger partial charge in [-0.1, -0.05) is 24.3 Å². The SMILES string of the molecule is CCc1ccc(NC(=O)c2ccc3c(c2)nnn3CCN2CCOCC2)cc1. The van der Waals surface area contributed by atoms with Gasteiger partial charge >= 0.3 is 0 Å². The number of nitrogens with one attached hydrogen (secondary N) is 1. The number of carbonyl (C=O) groups excluding carboxylic acids is 1. The number of hydrogen-bond donors (Lipinski definition) is 1. The van der Waals surface area contributed by atoms with Gasteiger partial charge in [0, 0.05) is 30.9 Å². The Balaban J connectivity index is 1.43. The van der Waals surface area contributed by atoms with Gasteiger partial charge in [-0.05, 0) is 42.3 Å². The van der Waals surface area contributed by atoms with Crippen LogP contribution in [0.2, 0.25) is 0 Å². The van der Waals surface area contributed by atoms with E-state index in [1.165, 1.54) is 5.56 Å². The lowest BCUT2D eigenvalue weighted by Gasteiger charge is -2.26. The van der Waals surface area contributed by atoms with Gasteiger partial charge < -0.3 is 10.1 Å². The molecule has 0 radical (unpaired) electrons. The Morgan fingerprint density at radius 3 is 2.64 bits per heavy atom. The van der Waals surface area contributed by atoms with Crippen molar-refractivity contribution in [3.63, 3.8) is 0 Å². The molecule has 7 heteroatoms. The topological polar surface area (TPSA) is 72.3 Å². The van der Waals surface area contributed by atoms with Crippen LogP contribution in [-0.4, -0.2) is 58.6 Å². The number of fused-ring (bicyclic) bond motifs is 1. The minimum atomic E-state index is -0.144. The first-order valence-electron chi connectivity index (χ1n) is 9.76. The third kappa shape index (κ3) is 4.21. The van der Waals surface area contributed by atoms with Crippen molar-refractivity contribution in [2.75, 3.05) is 38.2 Å². The lowest BCUT2D eigenvalue weighted by molar-refractivity contribution is 0.0360. The first-order valence-corrected chi connectivity index (χ1v) is 9.76. The second kappa shape index (κ2) is 8.50. The molecule has 3 aromatic rings. The maximum absolute atomic E-state index is 12.6. The summed E-state index contributed by atoms with van der Waals surface area (Å²) in [6.45, 7) is 7.28. The standard InChI is InChI=1S/C21H25N5O2/c1-2-16-3-6-18(7-4-16)22-21(27)17-5-8-20-19(15-17)23-24-26(20)10-9-25-11-13-28-14-12-25/h3-8,15H,2,9-14H2,1H3,(H,22,27). The predicted molar refractivity (Wildman–Crippen MR) is 109 cm³/mol. The minimum Gasteiger partial charge on any atom is -0.379 e. The van der Waals surface area contributed by atoms with E-state index < -0.39 is 0 Å². The van der Waals surface area contributed by atoms with E-state index >= 15 is 0 Å². The van der Waals surface area contributed by atoms with Crippen LogP contribution in [0.4, 0.5) is 5.69 Å². The van der Waals surface area contributed by atoms with Crippen LogP contribution in [0.1, 0.15) is 22.8 Å². The Labute approximate surface area is 164 Å². The second-order valence-corrected chi connectivity index (χ2v) is 6.97. The van der Waals surface area contributed by atoms with Gasteiger partial charge in [-0.25, -0.2) is 4.68 Å². The molecule has 1 aliphatic heterocycles. The molecule has 4 rings (SSSR count). The minimum absolute atomic E-state index is 0.144. The second-order valence-electron chi connectivity index (χ2n) is 6.97. The number of benzene rings is 2. The highest BCUT2D eigenvalue weighted by molar-refractivity contribution is 6.05. The smallest absolute Gasteiger partial charge is 0.255 e. The molecule has 146 valence electrons. The van der Waals surface area contributed by atoms with E-state index in [2.05, 4.69) is 27.5 Å². The zero-order valence-electron chi connectivity index (χ0n) is 16.1. The Hall–Kier alpha value is -2.77. The molecule has 1 N–H and O–H groups in total. The largest absolute Gasteiger partial charge is 0.379 e. The number of amides is 1. The lowest BCUT2D eigenvalue weighted by atomic mass is 10.1. The number of anilines is 1. The summed E-state index contributed by atoms with van der Waals surface area (Å²) in [4.78, 5) is 14.9. The first kappa shape index (κ1) is 18.6. The van der Waals surface area contributed by atoms with Crippen LogP contribution in [0.25, 0.3) is 11.0 Å². The highest BCUT2D eigenvalue weighted by Crippen LogP contribution is 2.16. The van der Waals surface area contributed by atoms with Crippen molar-refractivity contribution < 1.29 is 9.53 Å². The number of morpholine rings is 1. The van der Waals surface area contributed by atoms with Crippen molar-refractivity contribution in [1.82, 2.24) is 19.9 Å².